The molecule has 2 rings (SSSR count). The zero-order valence-corrected chi connectivity index (χ0v) is 12.2. The zero-order valence-electron chi connectivity index (χ0n) is 9.81. The van der Waals surface area contributed by atoms with Gasteiger partial charge in [0.25, 0.3) is 0 Å². The van der Waals surface area contributed by atoms with Crippen LogP contribution in [-0.4, -0.2) is 25.2 Å². The molecule has 1 aliphatic rings. The molecule has 0 radical (unpaired) electrons. The molecule has 0 spiro atoms. The Hall–Kier alpha value is -0.920. The van der Waals surface area contributed by atoms with E-state index < -0.39 is 16.1 Å². The second kappa shape index (κ2) is 4.99. The molecule has 1 N–H and O–H groups in total. The molecule has 0 unspecified atom stereocenters. The summed E-state index contributed by atoms with van der Waals surface area (Å²) in [5.41, 5.74) is 2.11. The number of hydrogen-bond donors (Lipinski definition) is 1. The lowest BCUT2D eigenvalue weighted by Crippen LogP contribution is -2.44. The van der Waals surface area contributed by atoms with E-state index in [2.05, 4.69) is 15.9 Å². The van der Waals surface area contributed by atoms with Crippen LogP contribution in [-0.2, 0) is 28.0 Å². The van der Waals surface area contributed by atoms with Crippen molar-refractivity contribution in [1.29, 1.82) is 0 Å². The van der Waals surface area contributed by atoms with Crippen LogP contribution in [0, 0.1) is 0 Å². The standard InChI is InChI=1S/C11H13BrN2O3S/c1-8(15)13-18(16,17)14-5-4-9-6-11(12)3-2-10(9)7-14/h2-3,6H,4-5,7H2,1H3,(H,13,15). The molecule has 1 aromatic carbocycles. The summed E-state index contributed by atoms with van der Waals surface area (Å²) >= 11 is 3.39. The van der Waals surface area contributed by atoms with Crippen LogP contribution in [0.3, 0.4) is 0 Å². The van der Waals surface area contributed by atoms with E-state index in [4.69, 9.17) is 0 Å². The minimum absolute atomic E-state index is 0.297. The summed E-state index contributed by atoms with van der Waals surface area (Å²) in [6.45, 7) is 1.86. The van der Waals surface area contributed by atoms with Crippen LogP contribution in [0.4, 0.5) is 0 Å². The van der Waals surface area contributed by atoms with Gasteiger partial charge >= 0.3 is 10.2 Å². The first-order chi connectivity index (χ1) is 8.38. The predicted octanol–water partition coefficient (Wildman–Crippen LogP) is 1.19. The maximum atomic E-state index is 11.9. The Morgan fingerprint density at radius 2 is 2.11 bits per heavy atom. The van der Waals surface area contributed by atoms with Gasteiger partial charge in [0.1, 0.15) is 0 Å². The third-order valence-electron chi connectivity index (χ3n) is 2.76. The van der Waals surface area contributed by atoms with Gasteiger partial charge in [-0.15, -0.1) is 0 Å². The van der Waals surface area contributed by atoms with Gasteiger partial charge in [-0.2, -0.15) is 12.7 Å². The van der Waals surface area contributed by atoms with Crippen molar-refractivity contribution in [2.24, 2.45) is 0 Å². The summed E-state index contributed by atoms with van der Waals surface area (Å²) in [7, 11) is -3.71. The number of nitrogens with one attached hydrogen (secondary N) is 1. The summed E-state index contributed by atoms with van der Waals surface area (Å²) in [5.74, 6) is -0.573. The summed E-state index contributed by atoms with van der Waals surface area (Å²) in [5, 5.41) is 0. The second-order valence-corrected chi connectivity index (χ2v) is 6.75. The quantitative estimate of drug-likeness (QED) is 0.884. The van der Waals surface area contributed by atoms with Gasteiger partial charge in [-0.1, -0.05) is 22.0 Å². The normalized spacial score (nSPS) is 16.1. The fourth-order valence-electron chi connectivity index (χ4n) is 1.95. The molecule has 0 aromatic heterocycles. The Balaban J connectivity index is 2.22. The molecule has 98 valence electrons. The monoisotopic (exact) mass is 332 g/mol. The lowest BCUT2D eigenvalue weighted by molar-refractivity contribution is -0.117. The van der Waals surface area contributed by atoms with Crippen molar-refractivity contribution in [1.82, 2.24) is 9.03 Å². The van der Waals surface area contributed by atoms with E-state index in [0.29, 0.717) is 19.5 Å². The molecule has 0 aliphatic carbocycles. The van der Waals surface area contributed by atoms with Gasteiger partial charge in [-0.05, 0) is 29.7 Å². The van der Waals surface area contributed by atoms with E-state index >= 15 is 0 Å². The Bertz CT molecular complexity index is 586. The van der Waals surface area contributed by atoms with Gasteiger partial charge < -0.3 is 0 Å². The van der Waals surface area contributed by atoms with E-state index in [-0.39, 0.29) is 0 Å². The van der Waals surface area contributed by atoms with Crippen LogP contribution in [0.25, 0.3) is 0 Å². The SMILES string of the molecule is CC(=O)NS(=O)(=O)N1CCc2cc(Br)ccc2C1. The lowest BCUT2D eigenvalue weighted by Gasteiger charge is -2.27. The molecule has 0 saturated carbocycles. The molecule has 1 amide bonds. The maximum absolute atomic E-state index is 11.9. The fourth-order valence-corrected chi connectivity index (χ4v) is 3.49. The molecule has 1 aliphatic heterocycles. The number of amides is 1. The molecule has 18 heavy (non-hydrogen) atoms. The van der Waals surface area contributed by atoms with Gasteiger partial charge in [0.15, 0.2) is 0 Å². The van der Waals surface area contributed by atoms with E-state index in [1.54, 1.807) is 0 Å². The van der Waals surface area contributed by atoms with Gasteiger partial charge in [-0.3, -0.25) is 4.79 Å². The number of carbonyl (C=O) groups is 1. The number of nitrogens with zero attached hydrogens (tertiary/aromatic N) is 1. The van der Waals surface area contributed by atoms with Crippen LogP contribution in [0.1, 0.15) is 18.1 Å². The molecule has 0 bridgehead atoms. The summed E-state index contributed by atoms with van der Waals surface area (Å²) in [6.07, 6.45) is 0.646. The first kappa shape index (κ1) is 13.5. The minimum Gasteiger partial charge on any atom is -0.274 e. The number of rotatable bonds is 2. The van der Waals surface area contributed by atoms with Crippen molar-refractivity contribution in [2.75, 3.05) is 6.54 Å². The first-order valence-corrected chi connectivity index (χ1v) is 7.67. The van der Waals surface area contributed by atoms with Crippen LogP contribution in [0.15, 0.2) is 22.7 Å². The highest BCUT2D eigenvalue weighted by molar-refractivity contribution is 9.10. The predicted molar refractivity (Wildman–Crippen MR) is 71.0 cm³/mol. The molecule has 1 aromatic rings. The maximum Gasteiger partial charge on any atom is 0.304 e. The van der Waals surface area contributed by atoms with Crippen LogP contribution < -0.4 is 4.72 Å². The number of benzene rings is 1. The highest BCUT2D eigenvalue weighted by Crippen LogP contribution is 2.23. The van der Waals surface area contributed by atoms with E-state index in [1.807, 2.05) is 22.9 Å². The minimum atomic E-state index is -3.71. The number of fused-ring (bicyclic) bond motifs is 1. The van der Waals surface area contributed by atoms with Crippen LogP contribution in [0.2, 0.25) is 0 Å². The molecule has 1 heterocycles. The van der Waals surface area contributed by atoms with Crippen molar-refractivity contribution >= 4 is 32.0 Å². The molecular formula is C11H13BrN2O3S. The van der Waals surface area contributed by atoms with E-state index in [9.17, 15) is 13.2 Å². The summed E-state index contributed by atoms with van der Waals surface area (Å²) in [6, 6.07) is 5.78. The molecule has 0 atom stereocenters. The van der Waals surface area contributed by atoms with Crippen molar-refractivity contribution in [3.63, 3.8) is 0 Å². The van der Waals surface area contributed by atoms with Crippen LogP contribution >= 0.6 is 15.9 Å². The van der Waals surface area contributed by atoms with Crippen LogP contribution in [0.5, 0.6) is 0 Å². The second-order valence-electron chi connectivity index (χ2n) is 4.16. The summed E-state index contributed by atoms with van der Waals surface area (Å²) < 4.78 is 28.0. The number of halogens is 1. The van der Waals surface area contributed by atoms with Gasteiger partial charge in [-0.25, -0.2) is 4.72 Å². The van der Waals surface area contributed by atoms with Crippen molar-refractivity contribution < 1.29 is 13.2 Å². The Morgan fingerprint density at radius 1 is 1.39 bits per heavy atom. The average molecular weight is 333 g/mol. The van der Waals surface area contributed by atoms with Gasteiger partial charge in [0.2, 0.25) is 5.91 Å². The fraction of sp³-hybridized carbons (Fsp3) is 0.364. The van der Waals surface area contributed by atoms with Crippen molar-refractivity contribution in [3.05, 3.63) is 33.8 Å². The van der Waals surface area contributed by atoms with Crippen molar-refractivity contribution in [2.45, 2.75) is 19.9 Å². The molecule has 7 heteroatoms. The summed E-state index contributed by atoms with van der Waals surface area (Å²) in [4.78, 5) is 10.9. The molecule has 0 fully saturated rings. The zero-order chi connectivity index (χ0) is 13.3. The Labute approximate surface area is 114 Å². The third-order valence-corrected chi connectivity index (χ3v) is 4.79. The highest BCUT2D eigenvalue weighted by atomic mass is 79.9. The number of carbonyl (C=O) groups excluding carboxylic acids is 1. The highest BCUT2D eigenvalue weighted by Gasteiger charge is 2.27. The topological polar surface area (TPSA) is 66.5 Å². The number of hydrogen-bond acceptors (Lipinski definition) is 3. The van der Waals surface area contributed by atoms with E-state index in [0.717, 1.165) is 15.6 Å². The van der Waals surface area contributed by atoms with Gasteiger partial charge in [0, 0.05) is 24.5 Å². The van der Waals surface area contributed by atoms with E-state index in [1.165, 1.54) is 11.2 Å². The third kappa shape index (κ3) is 2.90. The largest absolute Gasteiger partial charge is 0.304 e. The molecular weight excluding hydrogens is 320 g/mol. The first-order valence-electron chi connectivity index (χ1n) is 5.44. The smallest absolute Gasteiger partial charge is 0.274 e. The Kier molecular flexibility index (Phi) is 3.74. The average Bonchev–Trinajstić information content (AvgIpc) is 2.26. The molecule has 0 saturated heterocycles. The Morgan fingerprint density at radius 3 is 2.78 bits per heavy atom. The van der Waals surface area contributed by atoms with Gasteiger partial charge in [0.05, 0.1) is 0 Å². The lowest BCUT2D eigenvalue weighted by atomic mass is 10.0. The van der Waals surface area contributed by atoms with Crippen molar-refractivity contribution in [3.8, 4) is 0 Å². The molecule has 5 nitrogen and oxygen atoms in total.